The first kappa shape index (κ1) is 52.0. The molecule has 3 unspecified atom stereocenters. The van der Waals surface area contributed by atoms with Crippen molar-refractivity contribution in [2.45, 2.75) is 261 Å². The first-order valence-corrected chi connectivity index (χ1v) is 23.0. The summed E-state index contributed by atoms with van der Waals surface area (Å²) in [5.74, 6) is -1.93. The molecule has 0 saturated carbocycles. The van der Waals surface area contributed by atoms with Crippen LogP contribution in [0, 0.1) is 0 Å². The highest BCUT2D eigenvalue weighted by atomic mass is 16.6. The van der Waals surface area contributed by atoms with Crippen LogP contribution >= 0.6 is 0 Å². The fourth-order valence-electron chi connectivity index (χ4n) is 8.38. The number of hydrogen-bond donors (Lipinski definition) is 7. The summed E-state index contributed by atoms with van der Waals surface area (Å²) in [5.41, 5.74) is -6.04. The number of aliphatic hydroxyl groups is 7. The molecule has 7 N–H and O–H groups in total. The van der Waals surface area contributed by atoms with E-state index < -0.39 is 66.5 Å². The van der Waals surface area contributed by atoms with Gasteiger partial charge in [-0.25, -0.2) is 0 Å². The van der Waals surface area contributed by atoms with Crippen LogP contribution in [-0.2, 0) is 14.3 Å². The summed E-state index contributed by atoms with van der Waals surface area (Å²) in [7, 11) is 0. The lowest BCUT2D eigenvalue weighted by Gasteiger charge is -2.56. The second-order valence-electron chi connectivity index (χ2n) is 16.7. The van der Waals surface area contributed by atoms with Crippen LogP contribution in [0.5, 0.6) is 0 Å². The molecule has 0 spiro atoms. The van der Waals surface area contributed by atoms with Crippen molar-refractivity contribution in [2.24, 2.45) is 0 Å². The quantitative estimate of drug-likeness (QED) is 0.0303. The SMILES string of the molecule is CCCCCCCCCCCCCCCCCC(=O)C1(C(O)C(O)CO)O[C@H](CO)[C@H](O)[C@H](O)[C@]1(O)C(=O)CCCCCCCCCCCCCCCCC. The summed E-state index contributed by atoms with van der Waals surface area (Å²) in [6.07, 6.45) is 22.9. The van der Waals surface area contributed by atoms with E-state index in [9.17, 15) is 45.3 Å². The minimum Gasteiger partial charge on any atom is -0.394 e. The monoisotopic (exact) mass is 787 g/mol. The van der Waals surface area contributed by atoms with Gasteiger partial charge in [0.25, 0.3) is 0 Å². The average Bonchev–Trinajstić information content (AvgIpc) is 3.19. The molecule has 0 aromatic heterocycles. The summed E-state index contributed by atoms with van der Waals surface area (Å²) in [4.78, 5) is 28.0. The van der Waals surface area contributed by atoms with Gasteiger partial charge in [0.05, 0.1) is 13.2 Å². The number of carbonyl (C=O) groups is 2. The van der Waals surface area contributed by atoms with Gasteiger partial charge in [-0.1, -0.05) is 194 Å². The summed E-state index contributed by atoms with van der Waals surface area (Å²) in [6, 6.07) is 0. The molecule has 1 heterocycles. The zero-order chi connectivity index (χ0) is 40.8. The lowest BCUT2D eigenvalue weighted by Crippen LogP contribution is -2.82. The van der Waals surface area contributed by atoms with Gasteiger partial charge in [-0.15, -0.1) is 0 Å². The predicted molar refractivity (Wildman–Crippen MR) is 220 cm³/mol. The molecule has 7 atom stereocenters. The van der Waals surface area contributed by atoms with E-state index in [0.29, 0.717) is 25.7 Å². The molecule has 1 rings (SSSR count). The van der Waals surface area contributed by atoms with Gasteiger partial charge in [0.1, 0.15) is 30.5 Å². The maximum Gasteiger partial charge on any atom is 0.193 e. The van der Waals surface area contributed by atoms with Gasteiger partial charge < -0.3 is 40.5 Å². The zero-order valence-electron chi connectivity index (χ0n) is 35.3. The van der Waals surface area contributed by atoms with E-state index >= 15 is 0 Å². The highest BCUT2D eigenvalue weighted by Crippen LogP contribution is 2.45. The van der Waals surface area contributed by atoms with Gasteiger partial charge in [0.2, 0.25) is 0 Å². The van der Waals surface area contributed by atoms with Crippen LogP contribution in [0.1, 0.15) is 219 Å². The van der Waals surface area contributed by atoms with E-state index in [1.165, 1.54) is 116 Å². The predicted octanol–water partition coefficient (Wildman–Crippen LogP) is 7.94. The van der Waals surface area contributed by atoms with E-state index in [0.717, 1.165) is 51.4 Å². The van der Waals surface area contributed by atoms with Crippen LogP contribution in [0.2, 0.25) is 0 Å². The standard InChI is InChI=1S/C45H86O10/c1-3-5-7-9-11-13-15-17-19-21-23-25-27-29-31-33-39(49)44(54)43(53)41(51)38(36-47)55-45(44,42(52)37(48)35-46)40(50)34-32-30-28-26-24-22-20-18-16-14-12-10-8-6-4-2/h37-38,41-43,46-48,51-54H,3-36H2,1-2H3/t37?,38-,41+,42?,43+,44-,45?/m1/s1. The maximum atomic E-state index is 14.1. The van der Waals surface area contributed by atoms with E-state index in [4.69, 9.17) is 4.74 Å². The molecule has 1 fully saturated rings. The number of carbonyl (C=O) groups excluding carboxylic acids is 2. The molecule has 0 amide bonds. The maximum absolute atomic E-state index is 14.1. The van der Waals surface area contributed by atoms with Gasteiger partial charge >= 0.3 is 0 Å². The highest BCUT2D eigenvalue weighted by Gasteiger charge is 2.73. The Labute approximate surface area is 335 Å². The highest BCUT2D eigenvalue weighted by molar-refractivity contribution is 6.01. The molecule has 326 valence electrons. The van der Waals surface area contributed by atoms with Gasteiger partial charge in [0.15, 0.2) is 22.8 Å². The number of ketones is 2. The molecule has 0 bridgehead atoms. The van der Waals surface area contributed by atoms with Crippen molar-refractivity contribution in [3.05, 3.63) is 0 Å². The molecule has 0 aromatic rings. The van der Waals surface area contributed by atoms with Crippen LogP contribution in [0.4, 0.5) is 0 Å². The topological polar surface area (TPSA) is 185 Å². The summed E-state index contributed by atoms with van der Waals surface area (Å²) < 4.78 is 5.79. The van der Waals surface area contributed by atoms with Crippen molar-refractivity contribution in [2.75, 3.05) is 13.2 Å². The van der Waals surface area contributed by atoms with Crippen molar-refractivity contribution in [3.63, 3.8) is 0 Å². The zero-order valence-corrected chi connectivity index (χ0v) is 35.3. The molecule has 1 aliphatic heterocycles. The minimum absolute atomic E-state index is 0.247. The van der Waals surface area contributed by atoms with Crippen molar-refractivity contribution < 1.29 is 50.1 Å². The Morgan fingerprint density at radius 1 is 0.527 bits per heavy atom. The van der Waals surface area contributed by atoms with E-state index in [1.807, 2.05) is 0 Å². The van der Waals surface area contributed by atoms with Crippen LogP contribution < -0.4 is 0 Å². The Hall–Kier alpha value is -0.980. The Bertz CT molecular complexity index is 949. The normalized spacial score (nSPS) is 23.9. The van der Waals surface area contributed by atoms with E-state index in [1.54, 1.807) is 0 Å². The molecule has 1 saturated heterocycles. The third kappa shape index (κ3) is 18.2. The van der Waals surface area contributed by atoms with Crippen molar-refractivity contribution in [1.29, 1.82) is 0 Å². The number of ether oxygens (including phenoxy) is 1. The number of unbranched alkanes of at least 4 members (excludes halogenated alkanes) is 28. The van der Waals surface area contributed by atoms with E-state index in [2.05, 4.69) is 13.8 Å². The van der Waals surface area contributed by atoms with Gasteiger partial charge in [-0.2, -0.15) is 0 Å². The number of aliphatic hydroxyl groups excluding tert-OH is 6. The third-order valence-electron chi connectivity index (χ3n) is 12.0. The summed E-state index contributed by atoms with van der Waals surface area (Å²) >= 11 is 0. The number of hydrogen-bond acceptors (Lipinski definition) is 10. The van der Waals surface area contributed by atoms with Gasteiger partial charge in [-0.05, 0) is 12.8 Å². The Kier molecular flexibility index (Phi) is 30.2. The molecule has 10 heteroatoms. The van der Waals surface area contributed by atoms with E-state index in [-0.39, 0.29) is 12.8 Å². The Balaban J connectivity index is 2.69. The molecule has 0 aromatic carbocycles. The first-order chi connectivity index (χ1) is 26.6. The first-order valence-electron chi connectivity index (χ1n) is 23.0. The molecule has 0 aliphatic carbocycles. The lowest BCUT2D eigenvalue weighted by atomic mass is 9.63. The smallest absolute Gasteiger partial charge is 0.193 e. The van der Waals surface area contributed by atoms with Crippen molar-refractivity contribution in [3.8, 4) is 0 Å². The van der Waals surface area contributed by atoms with Crippen LogP contribution in [-0.4, -0.2) is 102 Å². The Morgan fingerprint density at radius 2 is 0.836 bits per heavy atom. The number of rotatable bonds is 38. The van der Waals surface area contributed by atoms with Crippen LogP contribution in [0.3, 0.4) is 0 Å². The van der Waals surface area contributed by atoms with Crippen LogP contribution in [0.25, 0.3) is 0 Å². The summed E-state index contributed by atoms with van der Waals surface area (Å²) in [6.45, 7) is 2.55. The van der Waals surface area contributed by atoms with Gasteiger partial charge in [0, 0.05) is 12.8 Å². The third-order valence-corrected chi connectivity index (χ3v) is 12.0. The molecule has 55 heavy (non-hydrogen) atoms. The average molecular weight is 787 g/mol. The Morgan fingerprint density at radius 3 is 1.15 bits per heavy atom. The second kappa shape index (κ2) is 31.9. The van der Waals surface area contributed by atoms with Crippen LogP contribution in [0.15, 0.2) is 0 Å². The molecule has 0 radical (unpaired) electrons. The van der Waals surface area contributed by atoms with Crippen molar-refractivity contribution >= 4 is 11.6 Å². The number of Topliss-reactive ketones (excluding diaryl/α,β-unsaturated/α-hetero) is 2. The molecule has 1 aliphatic rings. The largest absolute Gasteiger partial charge is 0.394 e. The summed E-state index contributed by atoms with van der Waals surface area (Å²) in [5, 5.41) is 75.8. The fourth-order valence-corrected chi connectivity index (χ4v) is 8.38. The lowest BCUT2D eigenvalue weighted by molar-refractivity contribution is -0.323. The fraction of sp³-hybridized carbons (Fsp3) is 0.956. The van der Waals surface area contributed by atoms with Crippen molar-refractivity contribution in [1.82, 2.24) is 0 Å². The molecule has 10 nitrogen and oxygen atoms in total. The molecular weight excluding hydrogens is 700 g/mol. The molecular formula is C45H86O10. The minimum atomic E-state index is -3.13. The van der Waals surface area contributed by atoms with Gasteiger partial charge in [-0.3, -0.25) is 9.59 Å². The second-order valence-corrected chi connectivity index (χ2v) is 16.7.